The first-order valence-corrected chi connectivity index (χ1v) is 16.5. The Morgan fingerprint density at radius 3 is 2.33 bits per heavy atom. The molecule has 4 rings (SSSR count). The molecule has 0 bridgehead atoms. The highest BCUT2D eigenvalue weighted by molar-refractivity contribution is 7.99. The molecule has 3 aromatic rings. The monoisotopic (exact) mass is 659 g/mol. The van der Waals surface area contributed by atoms with Gasteiger partial charge in [0.1, 0.15) is 24.1 Å². The van der Waals surface area contributed by atoms with E-state index in [-0.39, 0.29) is 43.7 Å². The molecule has 0 unspecified atom stereocenters. The number of fused-ring (bicyclic) bond motifs is 1. The van der Waals surface area contributed by atoms with Gasteiger partial charge >= 0.3 is 5.97 Å². The fourth-order valence-corrected chi connectivity index (χ4v) is 6.21. The van der Waals surface area contributed by atoms with Crippen LogP contribution in [-0.4, -0.2) is 79.7 Å². The summed E-state index contributed by atoms with van der Waals surface area (Å²) in [6.07, 6.45) is -0.136. The van der Waals surface area contributed by atoms with Crippen molar-refractivity contribution >= 4 is 39.7 Å². The van der Waals surface area contributed by atoms with Gasteiger partial charge in [-0.1, -0.05) is 48.5 Å². The Balaban J connectivity index is 1.33. The molecule has 1 aliphatic heterocycles. The number of phenols is 1. The SMILES string of the molecule is O=C(O)CN(OS(=O)(=O)Cc1ccccc1)[C@@H](Cc1ccc(O)cc1)C(=O)NCCNC(=O)CSCc1ccc2c(c1)OCO2. The number of aromatic hydroxyl groups is 1. The Morgan fingerprint density at radius 2 is 1.60 bits per heavy atom. The third kappa shape index (κ3) is 11.0. The van der Waals surface area contributed by atoms with Crippen molar-refractivity contribution in [1.29, 1.82) is 0 Å². The second-order valence-corrected chi connectivity index (χ2v) is 12.5. The van der Waals surface area contributed by atoms with E-state index >= 15 is 0 Å². The van der Waals surface area contributed by atoms with Gasteiger partial charge in [-0.3, -0.25) is 14.4 Å². The fraction of sp³-hybridized carbons (Fsp3) is 0.300. The number of carbonyl (C=O) groups is 3. The van der Waals surface area contributed by atoms with Crippen molar-refractivity contribution in [2.45, 2.75) is 24.0 Å². The third-order valence-corrected chi connectivity index (χ3v) is 8.50. The summed E-state index contributed by atoms with van der Waals surface area (Å²) in [5.74, 6) is -0.858. The Labute approximate surface area is 264 Å². The Bertz CT molecular complexity index is 1570. The number of carboxylic acids is 1. The second kappa shape index (κ2) is 16.1. The number of thioether (sulfide) groups is 1. The number of ether oxygens (including phenoxy) is 2. The molecule has 1 heterocycles. The average molecular weight is 660 g/mol. The summed E-state index contributed by atoms with van der Waals surface area (Å²) in [7, 11) is -4.36. The smallest absolute Gasteiger partial charge is 0.320 e. The maximum absolute atomic E-state index is 13.3. The molecular formula is C30H33N3O10S2. The molecular weight excluding hydrogens is 626 g/mol. The van der Waals surface area contributed by atoms with E-state index in [0.717, 1.165) is 5.56 Å². The summed E-state index contributed by atoms with van der Waals surface area (Å²) in [6.45, 7) is -0.670. The van der Waals surface area contributed by atoms with Crippen LogP contribution in [0.5, 0.6) is 17.2 Å². The number of hydroxylamine groups is 2. The van der Waals surface area contributed by atoms with Gasteiger partial charge < -0.3 is 30.3 Å². The second-order valence-electron chi connectivity index (χ2n) is 9.94. The van der Waals surface area contributed by atoms with E-state index in [9.17, 15) is 33.0 Å². The summed E-state index contributed by atoms with van der Waals surface area (Å²) < 4.78 is 41.7. The molecule has 240 valence electrons. The fourth-order valence-electron chi connectivity index (χ4n) is 4.30. The number of carboxylic acid groups (broad SMARTS) is 1. The normalized spacial score (nSPS) is 12.9. The number of hydrogen-bond acceptors (Lipinski definition) is 11. The van der Waals surface area contributed by atoms with Crippen molar-refractivity contribution in [1.82, 2.24) is 15.7 Å². The largest absolute Gasteiger partial charge is 0.508 e. The van der Waals surface area contributed by atoms with Gasteiger partial charge in [-0.25, -0.2) is 0 Å². The van der Waals surface area contributed by atoms with E-state index in [1.54, 1.807) is 30.3 Å². The predicted molar refractivity (Wildman–Crippen MR) is 165 cm³/mol. The highest BCUT2D eigenvalue weighted by Crippen LogP contribution is 2.33. The van der Waals surface area contributed by atoms with Gasteiger partial charge in [-0.05, 0) is 47.4 Å². The Hall–Kier alpha value is -4.31. The van der Waals surface area contributed by atoms with Gasteiger partial charge in [0.15, 0.2) is 11.5 Å². The van der Waals surface area contributed by atoms with Crippen LogP contribution in [0.15, 0.2) is 72.8 Å². The van der Waals surface area contributed by atoms with Crippen LogP contribution in [0.1, 0.15) is 16.7 Å². The topological polar surface area (TPSA) is 181 Å². The molecule has 1 atom stereocenters. The number of phenolic OH excluding ortho intramolecular Hbond substituents is 1. The van der Waals surface area contributed by atoms with Crippen molar-refractivity contribution in [2.75, 3.05) is 32.2 Å². The maximum Gasteiger partial charge on any atom is 0.320 e. The van der Waals surface area contributed by atoms with E-state index in [4.69, 9.17) is 13.8 Å². The third-order valence-electron chi connectivity index (χ3n) is 6.39. The lowest BCUT2D eigenvalue weighted by Crippen LogP contribution is -2.51. The summed E-state index contributed by atoms with van der Waals surface area (Å²) in [4.78, 5) is 37.4. The van der Waals surface area contributed by atoms with E-state index in [1.807, 2.05) is 18.2 Å². The highest BCUT2D eigenvalue weighted by Gasteiger charge is 2.33. The molecule has 0 saturated carbocycles. The van der Waals surface area contributed by atoms with Gasteiger partial charge in [0, 0.05) is 18.8 Å². The first-order valence-electron chi connectivity index (χ1n) is 13.8. The van der Waals surface area contributed by atoms with Crippen LogP contribution in [0.3, 0.4) is 0 Å². The van der Waals surface area contributed by atoms with Crippen molar-refractivity contribution < 1.29 is 46.8 Å². The molecule has 4 N–H and O–H groups in total. The van der Waals surface area contributed by atoms with Crippen LogP contribution in [0.25, 0.3) is 0 Å². The first-order chi connectivity index (χ1) is 21.6. The van der Waals surface area contributed by atoms with Gasteiger partial charge in [0.25, 0.3) is 10.1 Å². The zero-order chi connectivity index (χ0) is 32.2. The number of carbonyl (C=O) groups excluding carboxylic acids is 2. The molecule has 0 aliphatic carbocycles. The number of benzene rings is 3. The van der Waals surface area contributed by atoms with E-state index < -0.39 is 40.3 Å². The van der Waals surface area contributed by atoms with Crippen LogP contribution in [-0.2, 0) is 46.7 Å². The molecule has 45 heavy (non-hydrogen) atoms. The van der Waals surface area contributed by atoms with E-state index in [1.165, 1.54) is 36.0 Å². The minimum atomic E-state index is -4.36. The summed E-state index contributed by atoms with van der Waals surface area (Å²) in [5.41, 5.74) is 1.90. The zero-order valence-electron chi connectivity index (χ0n) is 24.1. The molecule has 0 saturated heterocycles. The average Bonchev–Trinajstić information content (AvgIpc) is 3.46. The summed E-state index contributed by atoms with van der Waals surface area (Å²) in [5, 5.41) is 25.1. The lowest BCUT2D eigenvalue weighted by molar-refractivity contribution is -0.158. The Kier molecular flexibility index (Phi) is 12.0. The molecule has 15 heteroatoms. The lowest BCUT2D eigenvalue weighted by atomic mass is 10.0. The van der Waals surface area contributed by atoms with E-state index in [2.05, 4.69) is 10.6 Å². The molecule has 0 spiro atoms. The zero-order valence-corrected chi connectivity index (χ0v) is 25.7. The van der Waals surface area contributed by atoms with Gasteiger partial charge in [-0.15, -0.1) is 16.8 Å². The standard InChI is InChI=1S/C30H33N3O10S2/c34-24-9-6-21(7-10-24)14-25(33(16-29(36)37)43-45(39,40)19-22-4-2-1-3-5-22)30(38)32-13-12-31-28(35)18-44-17-23-8-11-26-27(15-23)42-20-41-26/h1-11,15,25,34H,12-14,16-20H2,(H,31,35)(H,32,38)(H,36,37)/t25-/m0/s1. The van der Waals surface area contributed by atoms with Crippen LogP contribution in [0.4, 0.5) is 0 Å². The number of rotatable bonds is 17. The predicted octanol–water partition coefficient (Wildman–Crippen LogP) is 2.05. The minimum absolute atomic E-state index is 0.0127. The van der Waals surface area contributed by atoms with Gasteiger partial charge in [0.2, 0.25) is 18.6 Å². The molecule has 0 fully saturated rings. The molecule has 2 amide bonds. The molecule has 13 nitrogen and oxygen atoms in total. The van der Waals surface area contributed by atoms with Crippen LogP contribution >= 0.6 is 11.8 Å². The minimum Gasteiger partial charge on any atom is -0.508 e. The number of nitrogens with zero attached hydrogens (tertiary/aromatic N) is 1. The van der Waals surface area contributed by atoms with E-state index in [0.29, 0.717) is 33.4 Å². The van der Waals surface area contributed by atoms with Crippen molar-refractivity contribution in [3.05, 3.63) is 89.5 Å². The van der Waals surface area contributed by atoms with Crippen molar-refractivity contribution in [3.8, 4) is 17.2 Å². The lowest BCUT2D eigenvalue weighted by Gasteiger charge is -2.28. The van der Waals surface area contributed by atoms with Crippen LogP contribution in [0, 0.1) is 0 Å². The molecule has 0 aromatic heterocycles. The summed E-state index contributed by atoms with van der Waals surface area (Å²) >= 11 is 1.40. The van der Waals surface area contributed by atoms with Crippen LogP contribution < -0.4 is 20.1 Å². The number of aliphatic carboxylic acids is 1. The van der Waals surface area contributed by atoms with Gasteiger partial charge in [0.05, 0.1) is 5.75 Å². The quantitative estimate of drug-likeness (QED) is 0.123. The molecule has 1 aliphatic rings. The first kappa shape index (κ1) is 33.6. The van der Waals surface area contributed by atoms with Crippen molar-refractivity contribution in [3.63, 3.8) is 0 Å². The van der Waals surface area contributed by atoms with Gasteiger partial charge in [-0.2, -0.15) is 12.7 Å². The number of amides is 2. The van der Waals surface area contributed by atoms with Crippen molar-refractivity contribution in [2.24, 2.45) is 0 Å². The Morgan fingerprint density at radius 1 is 0.911 bits per heavy atom. The molecule has 3 aromatic carbocycles. The number of nitrogens with one attached hydrogen (secondary N) is 2. The maximum atomic E-state index is 13.3. The highest BCUT2D eigenvalue weighted by atomic mass is 32.2. The van der Waals surface area contributed by atoms with Crippen LogP contribution in [0.2, 0.25) is 0 Å². The summed E-state index contributed by atoms with van der Waals surface area (Å²) in [6, 6.07) is 18.2. The number of hydrogen-bond donors (Lipinski definition) is 4. The molecule has 0 radical (unpaired) electrons.